The van der Waals surface area contributed by atoms with Gasteiger partial charge in [-0.05, 0) is 57.7 Å². The van der Waals surface area contributed by atoms with Crippen LogP contribution in [-0.4, -0.2) is 48.5 Å². The highest BCUT2D eigenvalue weighted by molar-refractivity contribution is 7.91. The van der Waals surface area contributed by atoms with E-state index in [0.29, 0.717) is 12.5 Å². The Bertz CT molecular complexity index is 1010. The highest BCUT2D eigenvalue weighted by atomic mass is 32.2. The summed E-state index contributed by atoms with van der Waals surface area (Å²) in [6, 6.07) is 3.78. The van der Waals surface area contributed by atoms with Crippen LogP contribution in [0.1, 0.15) is 49.2 Å². The van der Waals surface area contributed by atoms with Crippen LogP contribution in [0.3, 0.4) is 0 Å². The SMILES string of the molecule is Cc1cc(/C=C(\C#N)C(=O)O[C@H](C)C(=O)N[C@H]2CCS(=O)(=O)C2)c(C)n1C1CC1. The molecule has 2 aliphatic rings. The molecule has 2 heterocycles. The molecule has 0 radical (unpaired) electrons. The molecule has 156 valence electrons. The fourth-order valence-electron chi connectivity index (χ4n) is 3.64. The third kappa shape index (κ3) is 4.88. The number of ether oxygens (including phenoxy) is 1. The molecule has 2 atom stereocenters. The largest absolute Gasteiger partial charge is 0.448 e. The van der Waals surface area contributed by atoms with E-state index < -0.39 is 33.9 Å². The van der Waals surface area contributed by atoms with E-state index in [1.165, 1.54) is 13.0 Å². The molecule has 2 fully saturated rings. The molecule has 1 saturated heterocycles. The Kier molecular flexibility index (Phi) is 5.85. The monoisotopic (exact) mass is 419 g/mol. The second-order valence-electron chi connectivity index (χ2n) is 7.75. The van der Waals surface area contributed by atoms with Gasteiger partial charge in [0.25, 0.3) is 5.91 Å². The molecule has 1 N–H and O–H groups in total. The van der Waals surface area contributed by atoms with Gasteiger partial charge in [-0.25, -0.2) is 13.2 Å². The third-order valence-corrected chi connectivity index (χ3v) is 7.08. The van der Waals surface area contributed by atoms with E-state index >= 15 is 0 Å². The number of rotatable bonds is 6. The number of nitrogens with zero attached hydrogens (tertiary/aromatic N) is 2. The Morgan fingerprint density at radius 1 is 1.34 bits per heavy atom. The number of carbonyl (C=O) groups excluding carboxylic acids is 2. The summed E-state index contributed by atoms with van der Waals surface area (Å²) in [5.41, 5.74) is 2.64. The third-order valence-electron chi connectivity index (χ3n) is 5.31. The summed E-state index contributed by atoms with van der Waals surface area (Å²) in [4.78, 5) is 24.6. The van der Waals surface area contributed by atoms with Crippen molar-refractivity contribution < 1.29 is 22.7 Å². The van der Waals surface area contributed by atoms with Crippen LogP contribution in [-0.2, 0) is 24.2 Å². The highest BCUT2D eigenvalue weighted by Gasteiger charge is 2.31. The minimum atomic E-state index is -3.13. The number of hydrogen-bond acceptors (Lipinski definition) is 6. The van der Waals surface area contributed by atoms with E-state index in [1.54, 1.807) is 0 Å². The zero-order valence-electron chi connectivity index (χ0n) is 16.8. The van der Waals surface area contributed by atoms with Crippen LogP contribution in [0.5, 0.6) is 0 Å². The maximum atomic E-state index is 12.4. The normalized spacial score (nSPS) is 22.0. The van der Waals surface area contributed by atoms with Gasteiger partial charge in [-0.3, -0.25) is 4.79 Å². The predicted molar refractivity (Wildman–Crippen MR) is 107 cm³/mol. The molecule has 1 aromatic heterocycles. The number of nitriles is 1. The van der Waals surface area contributed by atoms with E-state index in [-0.39, 0.29) is 17.1 Å². The molecule has 0 aromatic carbocycles. The van der Waals surface area contributed by atoms with Crippen molar-refractivity contribution in [3.8, 4) is 6.07 Å². The average molecular weight is 420 g/mol. The molecule has 9 heteroatoms. The van der Waals surface area contributed by atoms with Gasteiger partial charge in [0.2, 0.25) is 0 Å². The highest BCUT2D eigenvalue weighted by Crippen LogP contribution is 2.38. The molecule has 8 nitrogen and oxygen atoms in total. The van der Waals surface area contributed by atoms with Gasteiger partial charge in [0.1, 0.15) is 11.6 Å². The molecular weight excluding hydrogens is 394 g/mol. The maximum Gasteiger partial charge on any atom is 0.349 e. The number of aryl methyl sites for hydroxylation is 1. The summed E-state index contributed by atoms with van der Waals surface area (Å²) in [5.74, 6) is -1.54. The van der Waals surface area contributed by atoms with Crippen molar-refractivity contribution in [3.05, 3.63) is 28.6 Å². The van der Waals surface area contributed by atoms with Crippen molar-refractivity contribution >= 4 is 27.8 Å². The Labute approximate surface area is 170 Å². The van der Waals surface area contributed by atoms with Crippen LogP contribution in [0.2, 0.25) is 0 Å². The fourth-order valence-corrected chi connectivity index (χ4v) is 5.31. The van der Waals surface area contributed by atoms with Gasteiger partial charge in [-0.15, -0.1) is 0 Å². The summed E-state index contributed by atoms with van der Waals surface area (Å²) in [6.07, 6.45) is 2.94. The van der Waals surface area contributed by atoms with Gasteiger partial charge >= 0.3 is 5.97 Å². The van der Waals surface area contributed by atoms with Gasteiger partial charge in [-0.1, -0.05) is 0 Å². The Hall–Kier alpha value is -2.60. The molecule has 3 rings (SSSR count). The molecule has 0 bridgehead atoms. The number of aromatic nitrogens is 1. The van der Waals surface area contributed by atoms with Crippen LogP contribution in [0.4, 0.5) is 0 Å². The molecule has 1 aromatic rings. The van der Waals surface area contributed by atoms with E-state index in [9.17, 15) is 23.3 Å². The first-order chi connectivity index (χ1) is 13.6. The fraction of sp³-hybridized carbons (Fsp3) is 0.550. The van der Waals surface area contributed by atoms with Gasteiger partial charge in [0.15, 0.2) is 15.9 Å². The number of carbonyl (C=O) groups is 2. The van der Waals surface area contributed by atoms with Crippen LogP contribution in [0.25, 0.3) is 6.08 Å². The minimum absolute atomic E-state index is 0.0344. The molecule has 1 aliphatic carbocycles. The summed E-state index contributed by atoms with van der Waals surface area (Å²) < 4.78 is 30.3. The van der Waals surface area contributed by atoms with Crippen molar-refractivity contribution in [3.63, 3.8) is 0 Å². The van der Waals surface area contributed by atoms with Crippen LogP contribution >= 0.6 is 0 Å². The molecule has 1 saturated carbocycles. The number of esters is 1. The first kappa shape index (κ1) is 21.1. The Morgan fingerprint density at radius 2 is 2.03 bits per heavy atom. The van der Waals surface area contributed by atoms with Crippen molar-refractivity contribution in [2.45, 2.75) is 58.2 Å². The zero-order chi connectivity index (χ0) is 21.3. The van der Waals surface area contributed by atoms with E-state index in [1.807, 2.05) is 26.0 Å². The number of sulfone groups is 1. The lowest BCUT2D eigenvalue weighted by molar-refractivity contribution is -0.150. The Balaban J connectivity index is 1.65. The molecule has 1 amide bonds. The van der Waals surface area contributed by atoms with E-state index in [4.69, 9.17) is 4.74 Å². The number of nitrogens with one attached hydrogen (secondary N) is 1. The Morgan fingerprint density at radius 3 is 2.59 bits per heavy atom. The first-order valence-electron chi connectivity index (χ1n) is 9.63. The van der Waals surface area contributed by atoms with Crippen LogP contribution in [0.15, 0.2) is 11.6 Å². The molecule has 0 spiro atoms. The minimum Gasteiger partial charge on any atom is -0.448 e. The van der Waals surface area contributed by atoms with Crippen molar-refractivity contribution in [2.75, 3.05) is 11.5 Å². The van der Waals surface area contributed by atoms with Gasteiger partial charge in [0, 0.05) is 23.5 Å². The molecular formula is C20H25N3O5S. The van der Waals surface area contributed by atoms with Gasteiger partial charge < -0.3 is 14.6 Å². The van der Waals surface area contributed by atoms with Gasteiger partial charge in [0.05, 0.1) is 11.5 Å². The maximum absolute atomic E-state index is 12.4. The smallest absolute Gasteiger partial charge is 0.349 e. The molecule has 0 unspecified atom stereocenters. The standard InChI is InChI=1S/C20H25N3O5S/c1-12-8-15(13(2)23(12)18-4-5-18)9-16(10-21)20(25)28-14(3)19(24)22-17-6-7-29(26,27)11-17/h8-9,14,17-18H,4-7,11H2,1-3H3,(H,22,24)/b16-9+/t14-,17+/m1/s1. The second kappa shape index (κ2) is 8.03. The van der Waals surface area contributed by atoms with Crippen LogP contribution in [0, 0.1) is 25.2 Å². The van der Waals surface area contributed by atoms with Crippen molar-refractivity contribution in [1.29, 1.82) is 5.26 Å². The lowest BCUT2D eigenvalue weighted by atomic mass is 10.1. The van der Waals surface area contributed by atoms with E-state index in [2.05, 4.69) is 9.88 Å². The second-order valence-corrected chi connectivity index (χ2v) is 9.98. The molecule has 29 heavy (non-hydrogen) atoms. The average Bonchev–Trinajstić information content (AvgIpc) is 3.35. The van der Waals surface area contributed by atoms with Gasteiger partial charge in [-0.2, -0.15) is 5.26 Å². The molecule has 1 aliphatic heterocycles. The first-order valence-corrected chi connectivity index (χ1v) is 11.5. The lowest BCUT2D eigenvalue weighted by Gasteiger charge is -2.16. The topological polar surface area (TPSA) is 118 Å². The van der Waals surface area contributed by atoms with Crippen molar-refractivity contribution in [1.82, 2.24) is 9.88 Å². The van der Waals surface area contributed by atoms with E-state index in [0.717, 1.165) is 29.8 Å². The summed E-state index contributed by atoms with van der Waals surface area (Å²) in [6.45, 7) is 5.33. The summed E-state index contributed by atoms with van der Waals surface area (Å²) in [7, 11) is -3.13. The van der Waals surface area contributed by atoms with Crippen LogP contribution < -0.4 is 5.32 Å². The quantitative estimate of drug-likeness (QED) is 0.425. The summed E-state index contributed by atoms with van der Waals surface area (Å²) >= 11 is 0. The number of amides is 1. The predicted octanol–water partition coefficient (Wildman–Crippen LogP) is 1.58. The lowest BCUT2D eigenvalue weighted by Crippen LogP contribution is -2.42. The summed E-state index contributed by atoms with van der Waals surface area (Å²) in [5, 5.41) is 12.0. The van der Waals surface area contributed by atoms with Crippen molar-refractivity contribution in [2.24, 2.45) is 0 Å². The zero-order valence-corrected chi connectivity index (χ0v) is 17.6. The number of hydrogen-bond donors (Lipinski definition) is 1.